The molecule has 1 heterocycles. The first-order valence-corrected chi connectivity index (χ1v) is 7.04. The third kappa shape index (κ3) is 3.72. The van der Waals surface area contributed by atoms with Crippen molar-refractivity contribution in [2.45, 2.75) is 33.6 Å². The van der Waals surface area contributed by atoms with Gasteiger partial charge >= 0.3 is 0 Å². The Bertz CT molecular complexity index is 456. The van der Waals surface area contributed by atoms with E-state index in [2.05, 4.69) is 13.0 Å². The van der Waals surface area contributed by atoms with Crippen molar-refractivity contribution >= 4 is 5.91 Å². The molecule has 1 aromatic rings. The molecule has 19 heavy (non-hydrogen) atoms. The van der Waals surface area contributed by atoms with Crippen LogP contribution in [0.25, 0.3) is 0 Å². The maximum Gasteiger partial charge on any atom is 0.260 e. The number of likely N-dealkylation sites (tertiary alicyclic amines) is 1. The van der Waals surface area contributed by atoms with Crippen LogP contribution >= 0.6 is 0 Å². The molecule has 0 unspecified atom stereocenters. The zero-order valence-electron chi connectivity index (χ0n) is 12.1. The molecule has 1 saturated heterocycles. The van der Waals surface area contributed by atoms with E-state index in [9.17, 15) is 4.79 Å². The second-order valence-electron chi connectivity index (χ2n) is 5.64. The highest BCUT2D eigenvalue weighted by atomic mass is 16.5. The second kappa shape index (κ2) is 6.09. The molecule has 0 saturated carbocycles. The summed E-state index contributed by atoms with van der Waals surface area (Å²) in [6.45, 7) is 8.12. The van der Waals surface area contributed by atoms with Gasteiger partial charge in [-0.3, -0.25) is 4.79 Å². The van der Waals surface area contributed by atoms with Crippen molar-refractivity contribution in [2.24, 2.45) is 5.92 Å². The summed E-state index contributed by atoms with van der Waals surface area (Å²) in [6, 6.07) is 6.07. The van der Waals surface area contributed by atoms with Gasteiger partial charge in [-0.1, -0.05) is 19.1 Å². The molecule has 3 heteroatoms. The maximum absolute atomic E-state index is 12.1. The minimum absolute atomic E-state index is 0.104. The van der Waals surface area contributed by atoms with Crippen LogP contribution in [0.1, 0.15) is 30.9 Å². The molecule has 104 valence electrons. The molecular weight excluding hydrogens is 238 g/mol. The molecule has 0 bridgehead atoms. The average molecular weight is 261 g/mol. The first-order valence-electron chi connectivity index (χ1n) is 7.04. The first kappa shape index (κ1) is 13.9. The summed E-state index contributed by atoms with van der Waals surface area (Å²) >= 11 is 0. The molecule has 2 rings (SSSR count). The van der Waals surface area contributed by atoms with Crippen molar-refractivity contribution in [3.8, 4) is 5.75 Å². The molecule has 0 spiro atoms. The monoisotopic (exact) mass is 261 g/mol. The number of benzene rings is 1. The van der Waals surface area contributed by atoms with Crippen LogP contribution in [0.2, 0.25) is 0 Å². The molecule has 1 aromatic carbocycles. The van der Waals surface area contributed by atoms with Crippen molar-refractivity contribution in [3.63, 3.8) is 0 Å². The fourth-order valence-corrected chi connectivity index (χ4v) is 2.51. The minimum Gasteiger partial charge on any atom is -0.483 e. The van der Waals surface area contributed by atoms with E-state index < -0.39 is 0 Å². The summed E-state index contributed by atoms with van der Waals surface area (Å²) < 4.78 is 5.68. The third-order valence-electron chi connectivity index (χ3n) is 3.70. The van der Waals surface area contributed by atoms with Crippen LogP contribution in [0.4, 0.5) is 0 Å². The van der Waals surface area contributed by atoms with E-state index in [-0.39, 0.29) is 12.5 Å². The van der Waals surface area contributed by atoms with E-state index in [0.29, 0.717) is 5.92 Å². The van der Waals surface area contributed by atoms with Crippen LogP contribution in [0.5, 0.6) is 5.75 Å². The Hall–Kier alpha value is -1.51. The smallest absolute Gasteiger partial charge is 0.260 e. The lowest BCUT2D eigenvalue weighted by atomic mass is 10.0. The van der Waals surface area contributed by atoms with E-state index in [0.717, 1.165) is 36.4 Å². The zero-order chi connectivity index (χ0) is 13.8. The molecule has 1 aliphatic rings. The Morgan fingerprint density at radius 2 is 2.21 bits per heavy atom. The molecule has 1 atom stereocenters. The fourth-order valence-electron chi connectivity index (χ4n) is 2.51. The Morgan fingerprint density at radius 3 is 2.95 bits per heavy atom. The average Bonchev–Trinajstić information content (AvgIpc) is 2.39. The van der Waals surface area contributed by atoms with Gasteiger partial charge in [-0.25, -0.2) is 0 Å². The highest BCUT2D eigenvalue weighted by Crippen LogP contribution is 2.20. The van der Waals surface area contributed by atoms with Gasteiger partial charge in [0.05, 0.1) is 0 Å². The van der Waals surface area contributed by atoms with Gasteiger partial charge in [-0.15, -0.1) is 0 Å². The third-order valence-corrected chi connectivity index (χ3v) is 3.70. The zero-order valence-corrected chi connectivity index (χ0v) is 12.1. The van der Waals surface area contributed by atoms with E-state index in [1.807, 2.05) is 30.9 Å². The number of hydrogen-bond donors (Lipinski definition) is 0. The number of nitrogens with zero attached hydrogens (tertiary/aromatic N) is 1. The summed E-state index contributed by atoms with van der Waals surface area (Å²) in [7, 11) is 0. The minimum atomic E-state index is 0.104. The lowest BCUT2D eigenvalue weighted by molar-refractivity contribution is -0.135. The molecule has 3 nitrogen and oxygen atoms in total. The first-order chi connectivity index (χ1) is 9.06. The van der Waals surface area contributed by atoms with Gasteiger partial charge in [0, 0.05) is 13.1 Å². The fraction of sp³-hybridized carbons (Fsp3) is 0.562. The molecule has 0 aliphatic carbocycles. The highest BCUT2D eigenvalue weighted by Gasteiger charge is 2.21. The van der Waals surface area contributed by atoms with Crippen LogP contribution in [0.3, 0.4) is 0 Å². The lowest BCUT2D eigenvalue weighted by Crippen LogP contribution is -2.41. The highest BCUT2D eigenvalue weighted by molar-refractivity contribution is 5.77. The quantitative estimate of drug-likeness (QED) is 0.837. The number of carbonyl (C=O) groups excluding carboxylic acids is 1. The molecule has 0 aromatic heterocycles. The summed E-state index contributed by atoms with van der Waals surface area (Å²) in [5.74, 6) is 1.53. The largest absolute Gasteiger partial charge is 0.483 e. The SMILES string of the molecule is Cc1ccc(C)c(OCC(=O)N2CCC[C@H](C)C2)c1. The predicted molar refractivity (Wildman–Crippen MR) is 76.4 cm³/mol. The Balaban J connectivity index is 1.91. The number of ether oxygens (including phenoxy) is 1. The standard InChI is InChI=1S/C16H23NO2/c1-12-6-7-14(3)15(9-12)19-11-16(18)17-8-4-5-13(2)10-17/h6-7,9,13H,4-5,8,10-11H2,1-3H3/t13-/m0/s1. The van der Waals surface area contributed by atoms with Gasteiger partial charge in [0.25, 0.3) is 5.91 Å². The van der Waals surface area contributed by atoms with Gasteiger partial charge in [-0.2, -0.15) is 0 Å². The van der Waals surface area contributed by atoms with Gasteiger partial charge < -0.3 is 9.64 Å². The van der Waals surface area contributed by atoms with E-state index >= 15 is 0 Å². The van der Waals surface area contributed by atoms with Gasteiger partial charge in [0.15, 0.2) is 6.61 Å². The number of rotatable bonds is 3. The van der Waals surface area contributed by atoms with Crippen LogP contribution in [-0.2, 0) is 4.79 Å². The van der Waals surface area contributed by atoms with Crippen molar-refractivity contribution in [1.29, 1.82) is 0 Å². The number of hydrogen-bond acceptors (Lipinski definition) is 2. The van der Waals surface area contributed by atoms with Crippen molar-refractivity contribution in [2.75, 3.05) is 19.7 Å². The van der Waals surface area contributed by atoms with Crippen LogP contribution in [-0.4, -0.2) is 30.5 Å². The van der Waals surface area contributed by atoms with Crippen LogP contribution in [0.15, 0.2) is 18.2 Å². The number of carbonyl (C=O) groups is 1. The topological polar surface area (TPSA) is 29.5 Å². The normalized spacial score (nSPS) is 19.3. The number of aryl methyl sites for hydroxylation is 2. The van der Waals surface area contributed by atoms with Gasteiger partial charge in [0.2, 0.25) is 0 Å². The van der Waals surface area contributed by atoms with Crippen LogP contribution < -0.4 is 4.74 Å². The Kier molecular flexibility index (Phi) is 4.46. The summed E-state index contributed by atoms with van der Waals surface area (Å²) in [6.07, 6.45) is 2.33. The van der Waals surface area contributed by atoms with Crippen molar-refractivity contribution < 1.29 is 9.53 Å². The molecule has 1 aliphatic heterocycles. The number of amides is 1. The van der Waals surface area contributed by atoms with Crippen molar-refractivity contribution in [1.82, 2.24) is 4.90 Å². The Morgan fingerprint density at radius 1 is 1.42 bits per heavy atom. The molecule has 0 radical (unpaired) electrons. The van der Waals surface area contributed by atoms with E-state index in [1.54, 1.807) is 0 Å². The summed E-state index contributed by atoms with van der Waals surface area (Å²) in [4.78, 5) is 14.0. The van der Waals surface area contributed by atoms with Crippen molar-refractivity contribution in [3.05, 3.63) is 29.3 Å². The number of piperidine rings is 1. The maximum atomic E-state index is 12.1. The summed E-state index contributed by atoms with van der Waals surface area (Å²) in [5, 5.41) is 0. The molecule has 1 amide bonds. The summed E-state index contributed by atoms with van der Waals surface area (Å²) in [5.41, 5.74) is 2.23. The van der Waals surface area contributed by atoms with Gasteiger partial charge in [-0.05, 0) is 49.8 Å². The molecular formula is C16H23NO2. The molecule has 0 N–H and O–H groups in total. The van der Waals surface area contributed by atoms with Crippen LogP contribution in [0, 0.1) is 19.8 Å². The predicted octanol–water partition coefficient (Wildman–Crippen LogP) is 2.94. The molecule has 1 fully saturated rings. The Labute approximate surface area is 115 Å². The lowest BCUT2D eigenvalue weighted by Gasteiger charge is -2.30. The second-order valence-corrected chi connectivity index (χ2v) is 5.64. The van der Waals surface area contributed by atoms with E-state index in [4.69, 9.17) is 4.74 Å². The van der Waals surface area contributed by atoms with Gasteiger partial charge in [0.1, 0.15) is 5.75 Å². The van der Waals surface area contributed by atoms with E-state index in [1.165, 1.54) is 6.42 Å².